The average Bonchev–Trinajstić information content (AvgIpc) is 2.36. The van der Waals surface area contributed by atoms with Gasteiger partial charge in [-0.05, 0) is 63.5 Å². The smallest absolute Gasteiger partial charge is 0.425 e. The quantitative estimate of drug-likeness (QED) is 0.653. The van der Waals surface area contributed by atoms with Crippen LogP contribution in [0.2, 0.25) is 0 Å². The highest BCUT2D eigenvalue weighted by molar-refractivity contribution is 9.10. The summed E-state index contributed by atoms with van der Waals surface area (Å²) in [6.45, 7) is 10.1. The molecule has 0 unspecified atom stereocenters. The third-order valence-electron chi connectivity index (χ3n) is 2.35. The van der Waals surface area contributed by atoms with Gasteiger partial charge in [-0.25, -0.2) is 14.6 Å². The monoisotopic (exact) mass is 396 g/mol. The van der Waals surface area contributed by atoms with Crippen molar-refractivity contribution in [2.75, 3.05) is 4.90 Å². The maximum absolute atomic E-state index is 12.5. The fraction of sp³-hybridized carbons (Fsp3) is 0.471. The third kappa shape index (κ3) is 5.85. The molecule has 0 aliphatic heterocycles. The summed E-state index contributed by atoms with van der Waals surface area (Å²) < 4.78 is 11.2. The van der Waals surface area contributed by atoms with Gasteiger partial charge in [-0.15, -0.1) is 6.42 Å². The van der Waals surface area contributed by atoms with E-state index in [0.29, 0.717) is 9.37 Å². The maximum Gasteiger partial charge on any atom is 0.425 e. The number of nitrogens with zero attached hydrogens (tertiary/aromatic N) is 2. The highest BCUT2D eigenvalue weighted by Crippen LogP contribution is 2.25. The number of hydrogen-bond donors (Lipinski definition) is 0. The Balaban J connectivity index is 3.36. The minimum Gasteiger partial charge on any atom is -0.443 e. The molecule has 1 aromatic heterocycles. The lowest BCUT2D eigenvalue weighted by molar-refractivity contribution is 0.0429. The Kier molecular flexibility index (Phi) is 6.01. The second-order valence-corrected chi connectivity index (χ2v) is 7.88. The van der Waals surface area contributed by atoms with E-state index in [4.69, 9.17) is 15.9 Å². The Labute approximate surface area is 150 Å². The van der Waals surface area contributed by atoms with Crippen molar-refractivity contribution in [2.24, 2.45) is 0 Å². The zero-order chi connectivity index (χ0) is 18.7. The van der Waals surface area contributed by atoms with Crippen molar-refractivity contribution in [3.05, 3.63) is 22.3 Å². The molecular formula is C17H21BrN2O4. The molecule has 1 heterocycles. The summed E-state index contributed by atoms with van der Waals surface area (Å²) in [6, 6.07) is 1.57. The summed E-state index contributed by atoms with van der Waals surface area (Å²) >= 11 is 3.25. The Hall–Kier alpha value is -2.07. The van der Waals surface area contributed by atoms with E-state index in [1.807, 2.05) is 0 Å². The number of aromatic nitrogens is 1. The van der Waals surface area contributed by atoms with Crippen LogP contribution in [-0.4, -0.2) is 28.4 Å². The van der Waals surface area contributed by atoms with E-state index in [1.165, 1.54) is 6.20 Å². The summed E-state index contributed by atoms with van der Waals surface area (Å²) in [5.74, 6) is 2.38. The van der Waals surface area contributed by atoms with Crippen LogP contribution in [0, 0.1) is 12.3 Å². The van der Waals surface area contributed by atoms with Gasteiger partial charge in [0.05, 0.1) is 5.56 Å². The summed E-state index contributed by atoms with van der Waals surface area (Å²) in [5, 5.41) is 0. The third-order valence-corrected chi connectivity index (χ3v) is 2.79. The number of rotatable bonds is 1. The molecule has 0 radical (unpaired) electrons. The van der Waals surface area contributed by atoms with Crippen LogP contribution in [0.5, 0.6) is 0 Å². The molecule has 0 aliphatic carbocycles. The Morgan fingerprint density at radius 3 is 1.96 bits per heavy atom. The van der Waals surface area contributed by atoms with Gasteiger partial charge >= 0.3 is 12.2 Å². The van der Waals surface area contributed by atoms with Crippen LogP contribution in [-0.2, 0) is 9.47 Å². The van der Waals surface area contributed by atoms with Crippen LogP contribution in [0.3, 0.4) is 0 Å². The SMILES string of the molecule is C#Cc1cc(Br)cnc1N(C(=O)OC(C)(C)C)C(=O)OC(C)(C)C. The molecule has 0 saturated carbocycles. The summed E-state index contributed by atoms with van der Waals surface area (Å²) in [5.41, 5.74) is -1.35. The van der Waals surface area contributed by atoms with Gasteiger partial charge in [0.1, 0.15) is 11.2 Å². The average molecular weight is 397 g/mol. The van der Waals surface area contributed by atoms with Gasteiger partial charge < -0.3 is 9.47 Å². The van der Waals surface area contributed by atoms with Crippen molar-refractivity contribution in [1.82, 2.24) is 4.98 Å². The highest BCUT2D eigenvalue weighted by Gasteiger charge is 2.34. The summed E-state index contributed by atoms with van der Waals surface area (Å²) in [7, 11) is 0. The highest BCUT2D eigenvalue weighted by atomic mass is 79.9. The van der Waals surface area contributed by atoms with Crippen LogP contribution in [0.1, 0.15) is 47.1 Å². The van der Waals surface area contributed by atoms with Crippen LogP contribution < -0.4 is 4.90 Å². The second kappa shape index (κ2) is 7.22. The van der Waals surface area contributed by atoms with E-state index in [2.05, 4.69) is 26.8 Å². The number of hydrogen-bond acceptors (Lipinski definition) is 5. The Bertz CT molecular complexity index is 653. The lowest BCUT2D eigenvalue weighted by Crippen LogP contribution is -2.44. The predicted octanol–water partition coefficient (Wildman–Crippen LogP) is 4.50. The van der Waals surface area contributed by atoms with Gasteiger partial charge in [-0.3, -0.25) is 0 Å². The standard InChI is InChI=1S/C17H21BrN2O4/c1-8-11-9-12(18)10-19-13(11)20(14(21)23-16(2,3)4)15(22)24-17(5,6)7/h1,9-10H,2-7H3. The topological polar surface area (TPSA) is 68.7 Å². The van der Waals surface area contributed by atoms with E-state index in [-0.39, 0.29) is 11.4 Å². The first-order chi connectivity index (χ1) is 10.8. The first kappa shape index (κ1) is 20.0. The van der Waals surface area contributed by atoms with Gasteiger partial charge in [0, 0.05) is 10.7 Å². The van der Waals surface area contributed by atoms with Crippen molar-refractivity contribution < 1.29 is 19.1 Å². The largest absolute Gasteiger partial charge is 0.443 e. The number of halogens is 1. The number of ether oxygens (including phenoxy) is 2. The molecule has 130 valence electrons. The second-order valence-electron chi connectivity index (χ2n) is 6.97. The maximum atomic E-state index is 12.5. The number of carbonyl (C=O) groups excluding carboxylic acids is 2. The van der Waals surface area contributed by atoms with Crippen molar-refractivity contribution in [3.63, 3.8) is 0 Å². The zero-order valence-corrected chi connectivity index (χ0v) is 16.2. The first-order valence-electron chi connectivity index (χ1n) is 7.22. The first-order valence-corrected chi connectivity index (χ1v) is 8.01. The Morgan fingerprint density at radius 1 is 1.12 bits per heavy atom. The molecule has 0 N–H and O–H groups in total. The minimum absolute atomic E-state index is 0.0239. The van der Waals surface area contributed by atoms with Crippen molar-refractivity contribution in [3.8, 4) is 12.3 Å². The van der Waals surface area contributed by atoms with E-state index in [0.717, 1.165) is 0 Å². The van der Waals surface area contributed by atoms with Gasteiger partial charge in [-0.2, -0.15) is 4.90 Å². The molecule has 0 fully saturated rings. The molecule has 6 nitrogen and oxygen atoms in total. The fourth-order valence-electron chi connectivity index (χ4n) is 1.58. The number of anilines is 1. The van der Waals surface area contributed by atoms with Gasteiger partial charge in [0.15, 0.2) is 5.82 Å². The number of carbonyl (C=O) groups is 2. The Morgan fingerprint density at radius 2 is 1.58 bits per heavy atom. The van der Waals surface area contributed by atoms with Crippen molar-refractivity contribution >= 4 is 33.9 Å². The van der Waals surface area contributed by atoms with E-state index in [1.54, 1.807) is 47.6 Å². The number of pyridine rings is 1. The normalized spacial score (nSPS) is 11.4. The molecule has 1 rings (SSSR count). The van der Waals surface area contributed by atoms with Crippen LogP contribution in [0.25, 0.3) is 0 Å². The van der Waals surface area contributed by atoms with Gasteiger partial charge in [-0.1, -0.05) is 5.92 Å². The molecule has 0 bridgehead atoms. The summed E-state index contributed by atoms with van der Waals surface area (Å²) in [4.78, 5) is 29.8. The van der Waals surface area contributed by atoms with Gasteiger partial charge in [0.2, 0.25) is 0 Å². The molecule has 0 spiro atoms. The molecule has 0 atom stereocenters. The fourth-order valence-corrected chi connectivity index (χ4v) is 1.91. The van der Waals surface area contributed by atoms with Crippen molar-refractivity contribution in [1.29, 1.82) is 0 Å². The van der Waals surface area contributed by atoms with Crippen molar-refractivity contribution in [2.45, 2.75) is 52.7 Å². The van der Waals surface area contributed by atoms with E-state index < -0.39 is 23.4 Å². The van der Waals surface area contributed by atoms with Crippen LogP contribution in [0.4, 0.5) is 15.4 Å². The number of imide groups is 1. The number of amides is 2. The molecular weight excluding hydrogens is 376 g/mol. The molecule has 24 heavy (non-hydrogen) atoms. The molecule has 0 aliphatic rings. The molecule has 0 aromatic carbocycles. The van der Waals surface area contributed by atoms with Crippen LogP contribution >= 0.6 is 15.9 Å². The van der Waals surface area contributed by atoms with Crippen LogP contribution in [0.15, 0.2) is 16.7 Å². The zero-order valence-electron chi connectivity index (χ0n) is 14.6. The van der Waals surface area contributed by atoms with E-state index >= 15 is 0 Å². The minimum atomic E-state index is -0.914. The lowest BCUT2D eigenvalue weighted by atomic mass is 10.2. The van der Waals surface area contributed by atoms with Gasteiger partial charge in [0.25, 0.3) is 0 Å². The molecule has 7 heteroatoms. The molecule has 0 saturated heterocycles. The summed E-state index contributed by atoms with van der Waals surface area (Å²) in [6.07, 6.45) is 5.07. The number of terminal acetylenes is 1. The van der Waals surface area contributed by atoms with E-state index in [9.17, 15) is 9.59 Å². The molecule has 2 amide bonds. The predicted molar refractivity (Wildman–Crippen MR) is 94.8 cm³/mol. The lowest BCUT2D eigenvalue weighted by Gasteiger charge is -2.28. The molecule has 1 aromatic rings.